The molecule has 1 nitrogen and oxygen atoms in total. The lowest BCUT2D eigenvalue weighted by Crippen LogP contribution is -2.18. The van der Waals surface area contributed by atoms with Crippen LogP contribution in [0.25, 0.3) is 0 Å². The molecule has 0 aliphatic rings. The van der Waals surface area contributed by atoms with Crippen molar-refractivity contribution in [1.29, 1.82) is 0 Å². The molecule has 0 saturated heterocycles. The van der Waals surface area contributed by atoms with E-state index in [4.69, 9.17) is 0 Å². The molecule has 0 bridgehead atoms. The van der Waals surface area contributed by atoms with Crippen molar-refractivity contribution in [2.75, 3.05) is 7.05 Å². The van der Waals surface area contributed by atoms with E-state index in [2.05, 4.69) is 27.9 Å². The van der Waals surface area contributed by atoms with Gasteiger partial charge in [0.1, 0.15) is 0 Å². The minimum Gasteiger partial charge on any atom is -0.313 e. The molecule has 1 rings (SSSR count). The molecule has 0 spiro atoms. The second-order valence-electron chi connectivity index (χ2n) is 3.87. The van der Waals surface area contributed by atoms with Crippen LogP contribution < -0.4 is 5.32 Å². The molecule has 5 heteroatoms. The third kappa shape index (κ3) is 5.25. The molecule has 1 aromatic rings. The van der Waals surface area contributed by atoms with E-state index in [9.17, 15) is 13.2 Å². The van der Waals surface area contributed by atoms with Gasteiger partial charge in [-0.05, 0) is 54.1 Å². The van der Waals surface area contributed by atoms with Crippen LogP contribution in [0.4, 0.5) is 13.2 Å². The average molecular weight is 357 g/mol. The number of rotatable bonds is 5. The van der Waals surface area contributed by atoms with Crippen LogP contribution in [0.15, 0.2) is 24.3 Å². The fraction of sp³-hybridized carbons (Fsp3) is 0.500. The molecule has 0 aromatic heterocycles. The SMILES string of the molecule is CNC(CCCC(F)(F)F)c1ccccc1I. The van der Waals surface area contributed by atoms with E-state index in [1.165, 1.54) is 0 Å². The normalized spacial score (nSPS) is 13.7. The van der Waals surface area contributed by atoms with Gasteiger partial charge in [0.25, 0.3) is 0 Å². The van der Waals surface area contributed by atoms with E-state index < -0.39 is 12.6 Å². The molecule has 0 aliphatic carbocycles. The highest BCUT2D eigenvalue weighted by Crippen LogP contribution is 2.27. The number of nitrogens with one attached hydrogen (secondary N) is 1. The van der Waals surface area contributed by atoms with Crippen molar-refractivity contribution in [3.8, 4) is 0 Å². The van der Waals surface area contributed by atoms with Crippen LogP contribution >= 0.6 is 22.6 Å². The minimum atomic E-state index is -4.05. The number of hydrogen-bond acceptors (Lipinski definition) is 1. The van der Waals surface area contributed by atoms with Crippen molar-refractivity contribution < 1.29 is 13.2 Å². The Morgan fingerprint density at radius 3 is 2.47 bits per heavy atom. The molecule has 0 aliphatic heterocycles. The van der Waals surface area contributed by atoms with Crippen molar-refractivity contribution >= 4 is 22.6 Å². The van der Waals surface area contributed by atoms with Gasteiger partial charge in [0.15, 0.2) is 0 Å². The molecule has 1 aromatic carbocycles. The maximum absolute atomic E-state index is 12.1. The molecule has 0 amide bonds. The first-order valence-corrected chi connectivity index (χ1v) is 6.50. The highest BCUT2D eigenvalue weighted by Gasteiger charge is 2.26. The van der Waals surface area contributed by atoms with Crippen LogP contribution in [0.5, 0.6) is 0 Å². The number of benzene rings is 1. The van der Waals surface area contributed by atoms with Crippen molar-refractivity contribution in [1.82, 2.24) is 5.32 Å². The van der Waals surface area contributed by atoms with Gasteiger partial charge in [0, 0.05) is 16.0 Å². The Labute approximate surface area is 113 Å². The summed E-state index contributed by atoms with van der Waals surface area (Å²) in [5, 5.41) is 3.07. The van der Waals surface area contributed by atoms with Crippen LogP contribution in [0.3, 0.4) is 0 Å². The summed E-state index contributed by atoms with van der Waals surface area (Å²) in [4.78, 5) is 0. The van der Waals surface area contributed by atoms with Gasteiger partial charge in [-0.2, -0.15) is 13.2 Å². The predicted octanol–water partition coefficient (Wildman–Crippen LogP) is 4.28. The zero-order chi connectivity index (χ0) is 12.9. The summed E-state index contributed by atoms with van der Waals surface area (Å²) < 4.78 is 37.3. The molecule has 0 radical (unpaired) electrons. The van der Waals surface area contributed by atoms with Crippen molar-refractivity contribution in [3.63, 3.8) is 0 Å². The van der Waals surface area contributed by atoms with E-state index in [0.29, 0.717) is 6.42 Å². The summed E-state index contributed by atoms with van der Waals surface area (Å²) in [5.41, 5.74) is 1.07. The third-order valence-electron chi connectivity index (χ3n) is 2.58. The third-order valence-corrected chi connectivity index (χ3v) is 3.56. The molecule has 1 unspecified atom stereocenters. The topological polar surface area (TPSA) is 12.0 Å². The zero-order valence-electron chi connectivity index (χ0n) is 9.52. The Balaban J connectivity index is 2.58. The van der Waals surface area contributed by atoms with Crippen LogP contribution in [-0.4, -0.2) is 13.2 Å². The van der Waals surface area contributed by atoms with Crippen molar-refractivity contribution in [2.45, 2.75) is 31.5 Å². The van der Waals surface area contributed by atoms with Gasteiger partial charge in [0.2, 0.25) is 0 Å². The Morgan fingerprint density at radius 2 is 1.94 bits per heavy atom. The smallest absolute Gasteiger partial charge is 0.313 e. The first kappa shape index (κ1) is 14.8. The lowest BCUT2D eigenvalue weighted by Gasteiger charge is -2.18. The second kappa shape index (κ2) is 6.58. The Morgan fingerprint density at radius 1 is 1.29 bits per heavy atom. The molecule has 96 valence electrons. The Hall–Kier alpha value is -0.300. The fourth-order valence-electron chi connectivity index (χ4n) is 1.72. The monoisotopic (exact) mass is 357 g/mol. The summed E-state index contributed by atoms with van der Waals surface area (Å²) in [6, 6.07) is 7.74. The number of halogens is 4. The summed E-state index contributed by atoms with van der Waals surface area (Å²) >= 11 is 2.20. The molecular formula is C12H15F3IN. The van der Waals surface area contributed by atoms with Crippen LogP contribution in [0, 0.1) is 3.57 Å². The van der Waals surface area contributed by atoms with E-state index in [1.54, 1.807) is 7.05 Å². The number of alkyl halides is 3. The first-order chi connectivity index (χ1) is 7.94. The summed E-state index contributed by atoms with van der Waals surface area (Å²) in [7, 11) is 1.78. The van der Waals surface area contributed by atoms with Crippen molar-refractivity contribution in [3.05, 3.63) is 33.4 Å². The maximum atomic E-state index is 12.1. The minimum absolute atomic E-state index is 0.00884. The highest BCUT2D eigenvalue weighted by molar-refractivity contribution is 14.1. The van der Waals surface area contributed by atoms with Gasteiger partial charge in [0.05, 0.1) is 0 Å². The van der Waals surface area contributed by atoms with E-state index in [0.717, 1.165) is 9.13 Å². The summed E-state index contributed by atoms with van der Waals surface area (Å²) in [5.74, 6) is 0. The van der Waals surface area contributed by atoms with Crippen LogP contribution in [0.1, 0.15) is 30.9 Å². The second-order valence-corrected chi connectivity index (χ2v) is 5.03. The molecule has 1 atom stereocenters. The van der Waals surface area contributed by atoms with Gasteiger partial charge < -0.3 is 5.32 Å². The molecule has 0 saturated carbocycles. The molecule has 1 N–H and O–H groups in total. The predicted molar refractivity (Wildman–Crippen MR) is 70.9 cm³/mol. The Bertz CT molecular complexity index is 352. The highest BCUT2D eigenvalue weighted by atomic mass is 127. The molecule has 0 heterocycles. The zero-order valence-corrected chi connectivity index (χ0v) is 11.7. The average Bonchev–Trinajstić information content (AvgIpc) is 2.24. The standard InChI is InChI=1S/C12H15F3IN/c1-17-11(7-4-8-12(13,14)15)9-5-2-3-6-10(9)16/h2-3,5-6,11,17H,4,7-8H2,1H3. The Kier molecular flexibility index (Phi) is 5.72. The van der Waals surface area contributed by atoms with Gasteiger partial charge in [-0.25, -0.2) is 0 Å². The fourth-order valence-corrected chi connectivity index (χ4v) is 2.48. The lowest BCUT2D eigenvalue weighted by atomic mass is 10.0. The van der Waals surface area contributed by atoms with E-state index >= 15 is 0 Å². The molecule has 17 heavy (non-hydrogen) atoms. The largest absolute Gasteiger partial charge is 0.389 e. The van der Waals surface area contributed by atoms with E-state index in [1.807, 2.05) is 24.3 Å². The van der Waals surface area contributed by atoms with Gasteiger partial charge in [-0.1, -0.05) is 18.2 Å². The molecule has 0 fully saturated rings. The van der Waals surface area contributed by atoms with Crippen LogP contribution in [-0.2, 0) is 0 Å². The maximum Gasteiger partial charge on any atom is 0.389 e. The van der Waals surface area contributed by atoms with Gasteiger partial charge >= 0.3 is 6.18 Å². The van der Waals surface area contributed by atoms with Crippen LogP contribution in [0.2, 0.25) is 0 Å². The van der Waals surface area contributed by atoms with E-state index in [-0.39, 0.29) is 12.5 Å². The first-order valence-electron chi connectivity index (χ1n) is 5.42. The van der Waals surface area contributed by atoms with Gasteiger partial charge in [-0.3, -0.25) is 0 Å². The summed E-state index contributed by atoms with van der Waals surface area (Å²) in [6.07, 6.45) is -4.12. The summed E-state index contributed by atoms with van der Waals surface area (Å²) in [6.45, 7) is 0. The number of hydrogen-bond donors (Lipinski definition) is 1. The van der Waals surface area contributed by atoms with Crippen molar-refractivity contribution in [2.24, 2.45) is 0 Å². The van der Waals surface area contributed by atoms with Gasteiger partial charge in [-0.15, -0.1) is 0 Å². The quantitative estimate of drug-likeness (QED) is 0.776. The lowest BCUT2D eigenvalue weighted by molar-refractivity contribution is -0.135. The molecular weight excluding hydrogens is 342 g/mol.